The fraction of sp³-hybridized carbons (Fsp3) is 0.750. The summed E-state index contributed by atoms with van der Waals surface area (Å²) in [6.45, 7) is -17.6. The second-order valence-electron chi connectivity index (χ2n) is 23.2. The highest BCUT2D eigenvalue weighted by Crippen LogP contribution is 2.69. The molecule has 0 spiro atoms. The monoisotopic (exact) mass is 1990 g/mol. The molecule has 0 amide bonds. The van der Waals surface area contributed by atoms with Crippen LogP contribution in [0.5, 0.6) is 47.6 Å². The Hall–Kier alpha value is -8.44. The lowest BCUT2D eigenvalue weighted by Gasteiger charge is -2.42. The number of hydrogen-bond acceptors (Lipinski definition) is 12. The van der Waals surface area contributed by atoms with Crippen LogP contribution < -0.4 is 28.4 Å². The Bertz CT molecular complexity index is 3700. The first-order valence-corrected chi connectivity index (χ1v) is 28.2. The number of nitrogens with zero attached hydrogens (tertiary/aromatic N) is 6. The van der Waals surface area contributed by atoms with Gasteiger partial charge in [-0.2, -0.15) is 246 Å². The molecule has 0 aliphatic heterocycles. The Kier molecular flexibility index (Phi) is 28.1. The zero-order valence-electron chi connectivity index (χ0n) is 54.8. The smallest absolute Gasteiger partial charge is 0.385 e. The van der Waals surface area contributed by atoms with Gasteiger partial charge in [0.2, 0.25) is 0 Å². The van der Waals surface area contributed by atoms with Gasteiger partial charge < -0.3 is 28.4 Å². The van der Waals surface area contributed by atoms with E-state index in [9.17, 15) is 281 Å². The summed E-state index contributed by atoms with van der Waals surface area (Å²) < 4.78 is 917. The van der Waals surface area contributed by atoms with E-state index in [0.717, 1.165) is 0 Å². The van der Waals surface area contributed by atoms with Crippen LogP contribution in [0.4, 0.5) is 281 Å². The van der Waals surface area contributed by atoms with Crippen molar-refractivity contribution in [3.8, 4) is 47.6 Å². The minimum Gasteiger partial charge on any atom is -0.457 e. The quantitative estimate of drug-likeness (QED) is 0.0499. The summed E-state index contributed by atoms with van der Waals surface area (Å²) in [5, 5.41) is 0. The number of ether oxygens (including phenoxy) is 6. The van der Waals surface area contributed by atoms with Crippen molar-refractivity contribution in [1.29, 1.82) is 0 Å². The minimum atomic E-state index is -9.31. The molecule has 1 aromatic carbocycles. The fourth-order valence-corrected chi connectivity index (χ4v) is 7.43. The summed E-state index contributed by atoms with van der Waals surface area (Å²) in [5.74, 6) is -249. The highest BCUT2D eigenvalue weighted by atomic mass is 19.4. The first kappa shape index (κ1) is 110. The number of hydrogen-bond donors (Lipinski definition) is 0. The first-order valence-electron chi connectivity index (χ1n) is 28.2. The van der Waals surface area contributed by atoms with Crippen molar-refractivity contribution < 1.29 is 309 Å². The molecular weight excluding hydrogens is 1970 g/mol. The molecule has 0 aliphatic rings. The Morgan fingerprint density at radius 2 is 0.282 bits per heavy atom. The predicted octanol–water partition coefficient (Wildman–Crippen LogP) is 22.0. The normalized spacial score (nSPS) is 15.8. The molecule has 2 heterocycles. The lowest BCUT2D eigenvalue weighted by Crippen LogP contribution is -2.74. The van der Waals surface area contributed by atoms with Crippen LogP contribution in [0.2, 0.25) is 0 Å². The van der Waals surface area contributed by atoms with Gasteiger partial charge in [-0.3, -0.25) is 0 Å². The average Bonchev–Trinajstić information content (AvgIpc) is 0.711. The summed E-state index contributed by atoms with van der Waals surface area (Å²) in [4.78, 5) is 13.1. The maximum atomic E-state index is 14.9. The van der Waals surface area contributed by atoms with E-state index in [1.54, 1.807) is 0 Å². The van der Waals surface area contributed by atoms with Crippen molar-refractivity contribution in [2.45, 2.75) is 192 Å². The standard InChI is InChI=1S/C48H16F64N6O6/c49-11(50)25(65,66)33(81,82)41(97,98)45(105,106)37(89,90)29(73,74)21(57,58)5-119-15-113-16(120-6-22(59,60)30(75,76)38(91,92)46(107,108)42(99,100)34(83,84)26(67,68)12(51)52)116-19(115-15)123-9-1-2-10(4-3-9)124-20-117-17(121-7-23(61,62)31(77,78)39(93,94)47(109,110)43(101,102)35(85,86)27(69,70)13(53)54)114-18(118-20)122-8-24(63,64)32(79,80)40(95,96)48(111,112)44(103,104)36(87,88)28(71,72)14(55)56/h1-4,11-14H,5-8H2. The van der Waals surface area contributed by atoms with Gasteiger partial charge in [-0.1, -0.05) is 0 Å². The number of rotatable bonds is 44. The van der Waals surface area contributed by atoms with Gasteiger partial charge in [0.25, 0.3) is 0 Å². The molecule has 0 N–H and O–H groups in total. The summed E-state index contributed by atoms with van der Waals surface area (Å²) in [6.07, 6.45) is -25.8. The van der Waals surface area contributed by atoms with Crippen molar-refractivity contribution in [1.82, 2.24) is 29.9 Å². The third-order valence-corrected chi connectivity index (χ3v) is 14.8. The Morgan fingerprint density at radius 1 is 0.169 bits per heavy atom. The van der Waals surface area contributed by atoms with Crippen LogP contribution in [0, 0.1) is 0 Å². The highest BCUT2D eigenvalue weighted by molar-refractivity contribution is 5.35. The SMILES string of the molecule is FC(F)C(F)(F)C(F)(F)C(F)(F)C(F)(F)C(F)(F)C(F)(F)C(F)(F)COc1nc(OCC(F)(F)C(F)(F)C(F)(F)C(F)(F)C(F)(F)C(F)(F)C(F)(F)C(F)F)nc(Oc2ccc(Oc3nc(OCC(F)(F)C(F)(F)C(F)(F)C(F)(F)C(F)(F)C(F)(F)C(F)(F)C(F)F)nc(OCC(F)(F)C(F)(F)C(F)(F)C(F)(F)C(F)(F)C(F)(F)C(F)(F)C(F)F)n3)cc2)n1. The van der Waals surface area contributed by atoms with Crippen LogP contribution >= 0.6 is 0 Å². The second kappa shape index (κ2) is 31.8. The van der Waals surface area contributed by atoms with Gasteiger partial charge in [0.1, 0.15) is 11.5 Å². The number of benzene rings is 1. The van der Waals surface area contributed by atoms with Gasteiger partial charge in [-0.25, -0.2) is 35.1 Å². The molecule has 0 unspecified atom stereocenters. The van der Waals surface area contributed by atoms with Crippen molar-refractivity contribution in [2.24, 2.45) is 0 Å². The molecule has 0 fully saturated rings. The van der Waals surface area contributed by atoms with Crippen molar-refractivity contribution in [2.75, 3.05) is 26.4 Å². The van der Waals surface area contributed by atoms with E-state index in [1.165, 1.54) is 0 Å². The van der Waals surface area contributed by atoms with E-state index in [1.807, 2.05) is 9.97 Å². The summed E-state index contributed by atoms with van der Waals surface area (Å²) in [7, 11) is 0. The van der Waals surface area contributed by atoms with Gasteiger partial charge in [0, 0.05) is 0 Å². The molecule has 12 nitrogen and oxygen atoms in total. The second-order valence-corrected chi connectivity index (χ2v) is 23.2. The maximum Gasteiger partial charge on any atom is 0.385 e. The van der Waals surface area contributed by atoms with Crippen LogP contribution in [0.3, 0.4) is 0 Å². The van der Waals surface area contributed by atoms with E-state index < -0.39 is 266 Å². The number of aromatic nitrogens is 6. The van der Waals surface area contributed by atoms with Gasteiger partial charge in [0.05, 0.1) is 0 Å². The van der Waals surface area contributed by atoms with Crippen molar-refractivity contribution in [3.05, 3.63) is 24.3 Å². The zero-order valence-corrected chi connectivity index (χ0v) is 54.8. The third kappa shape index (κ3) is 16.2. The Balaban J connectivity index is 2.40. The van der Waals surface area contributed by atoms with Crippen LogP contribution in [0.1, 0.15) is 0 Å². The lowest BCUT2D eigenvalue weighted by molar-refractivity contribution is -0.447. The molecule has 124 heavy (non-hydrogen) atoms. The molecule has 722 valence electrons. The van der Waals surface area contributed by atoms with Crippen molar-refractivity contribution >= 4 is 0 Å². The molecule has 76 heteroatoms. The van der Waals surface area contributed by atoms with Crippen LogP contribution in [0.25, 0.3) is 0 Å². The van der Waals surface area contributed by atoms with Crippen LogP contribution in [-0.4, -0.2) is 248 Å². The third-order valence-electron chi connectivity index (χ3n) is 14.8. The lowest BCUT2D eigenvalue weighted by atomic mass is 9.89. The Labute approximate surface area is 629 Å². The highest BCUT2D eigenvalue weighted by Gasteiger charge is 2.99. The van der Waals surface area contributed by atoms with E-state index in [2.05, 4.69) is 48.4 Å². The van der Waals surface area contributed by atoms with Crippen molar-refractivity contribution in [3.63, 3.8) is 0 Å². The van der Waals surface area contributed by atoms with Crippen LogP contribution in [0.15, 0.2) is 24.3 Å². The largest absolute Gasteiger partial charge is 0.457 e. The number of halogens is 64. The van der Waals surface area contributed by atoms with E-state index >= 15 is 0 Å². The molecule has 3 aromatic rings. The molecule has 0 aliphatic carbocycles. The summed E-state index contributed by atoms with van der Waals surface area (Å²) >= 11 is 0. The summed E-state index contributed by atoms with van der Waals surface area (Å²) in [5.41, 5.74) is 0. The molecule has 2 aromatic heterocycles. The zero-order chi connectivity index (χ0) is 99.1. The van der Waals surface area contributed by atoms with Gasteiger partial charge in [0.15, 0.2) is 26.4 Å². The molecule has 0 radical (unpaired) electrons. The minimum absolute atomic E-state index is 0.309. The first-order chi connectivity index (χ1) is 54.0. The maximum absolute atomic E-state index is 14.9. The van der Waals surface area contributed by atoms with E-state index in [-0.39, 0.29) is 24.3 Å². The van der Waals surface area contributed by atoms with Crippen LogP contribution in [-0.2, 0) is 0 Å². The number of alkyl halides is 64. The summed E-state index contributed by atoms with van der Waals surface area (Å²) in [6, 6.07) is -19.1. The molecule has 0 atom stereocenters. The fourth-order valence-electron chi connectivity index (χ4n) is 7.43. The molecule has 0 bridgehead atoms. The predicted molar refractivity (Wildman–Crippen MR) is 251 cm³/mol. The molecule has 0 saturated carbocycles. The molecular formula is C48H16F64N6O6. The van der Waals surface area contributed by atoms with E-state index in [0.29, 0.717) is 0 Å². The molecule has 0 saturated heterocycles. The average molecular weight is 1990 g/mol. The Morgan fingerprint density at radius 3 is 0.411 bits per heavy atom. The van der Waals surface area contributed by atoms with Gasteiger partial charge in [-0.15, -0.1) is 29.9 Å². The topological polar surface area (TPSA) is 133 Å². The molecule has 3 rings (SSSR count). The van der Waals surface area contributed by atoms with Gasteiger partial charge >= 0.3 is 228 Å². The van der Waals surface area contributed by atoms with Gasteiger partial charge in [-0.05, 0) is 24.3 Å². The van der Waals surface area contributed by atoms with E-state index in [4.69, 9.17) is 0 Å².